The van der Waals surface area contributed by atoms with Gasteiger partial charge in [0.1, 0.15) is 0 Å². The number of para-hydroxylation sites is 7. The summed E-state index contributed by atoms with van der Waals surface area (Å²) in [7, 11) is 0. The lowest BCUT2D eigenvalue weighted by atomic mass is 9.73. The number of ether oxygens (including phenoxy) is 1. The van der Waals surface area contributed by atoms with Crippen molar-refractivity contribution in [1.29, 1.82) is 0 Å². The zero-order valence-corrected chi connectivity index (χ0v) is 62.7. The third-order valence-electron chi connectivity index (χ3n) is 23.8. The fraction of sp³-hybridized carbons (Fsp3) is 0.115. The molecule has 109 heavy (non-hydrogen) atoms. The molecule has 0 saturated heterocycles. The number of benzene rings is 15. The highest BCUT2D eigenvalue weighted by molar-refractivity contribution is 6.07. The van der Waals surface area contributed by atoms with Gasteiger partial charge in [-0.3, -0.25) is 4.40 Å². The van der Waals surface area contributed by atoms with Crippen molar-refractivity contribution in [2.24, 2.45) is 0 Å². The smallest absolute Gasteiger partial charge is 0.213 e. The van der Waals surface area contributed by atoms with Gasteiger partial charge in [0.25, 0.3) is 0 Å². The van der Waals surface area contributed by atoms with Crippen LogP contribution in [0.5, 0.6) is 11.5 Å². The van der Waals surface area contributed by atoms with Crippen LogP contribution in [0.2, 0.25) is 0 Å². The lowest BCUT2D eigenvalue weighted by Crippen LogP contribution is -2.30. The average Bonchev–Trinajstić information content (AvgIpc) is 1.62. The molecule has 4 heterocycles. The molecule has 0 aliphatic carbocycles. The topological polar surface area (TPSA) is 33.3 Å². The monoisotopic (exact) mass is 1410 g/mol. The number of anilines is 6. The van der Waals surface area contributed by atoms with Gasteiger partial charge in [-0.15, -0.1) is 0 Å². The average molecular weight is 1410 g/mol. The van der Waals surface area contributed by atoms with Gasteiger partial charge in [-0.05, 0) is 243 Å². The van der Waals surface area contributed by atoms with E-state index in [1.54, 1.807) is 0 Å². The molecule has 0 saturated carbocycles. The number of hydrogen-bond donors (Lipinski definition) is 0. The maximum Gasteiger partial charge on any atom is 0.213 e. The van der Waals surface area contributed by atoms with Crippen LogP contribution < -0.4 is 14.5 Å². The standard InChI is InChI=1S/C104H83N3O2/c1-65-27-9-13-31-79(65)99(80-32-14-10-28-66(80)2)71-45-47-74(48-46-71)102-86-35-17-20-38-89(86)107-94-64-76(54-62-97(94)109-103(102)107)98-70(6)84(101(82-34-16-12-30-68(82)4)73-51-55-77(56-52-73)105-90-39-21-18-36-87(90)104(7,8)88-37-19-22-40-91(88)105)60-61-85(98)75-53-59-83(69(5)63-75)100(81-33-15-11-29-67(81)3)72-49-57-78(58-50-72)106-92-41-23-25-43-95(92)108-96-44-26-24-42-93(96)106/h9-64,99-101H,1-8H3. The van der Waals surface area contributed by atoms with Gasteiger partial charge in [0, 0.05) is 39.9 Å². The van der Waals surface area contributed by atoms with Crippen LogP contribution in [0, 0.1) is 41.5 Å². The molecule has 2 aliphatic heterocycles. The zero-order chi connectivity index (χ0) is 73.8. The van der Waals surface area contributed by atoms with E-state index in [2.05, 4.69) is 385 Å². The lowest BCUT2D eigenvalue weighted by molar-refractivity contribution is 0.477. The summed E-state index contributed by atoms with van der Waals surface area (Å²) in [6.07, 6.45) is 0. The molecule has 2 aliphatic rings. The summed E-state index contributed by atoms with van der Waals surface area (Å²) in [5, 5.41) is 1.14. The van der Waals surface area contributed by atoms with Crippen molar-refractivity contribution >= 4 is 61.8 Å². The highest BCUT2D eigenvalue weighted by Crippen LogP contribution is 2.55. The van der Waals surface area contributed by atoms with Crippen LogP contribution in [0.25, 0.3) is 61.1 Å². The Morgan fingerprint density at radius 2 is 0.706 bits per heavy atom. The molecule has 5 heteroatoms. The van der Waals surface area contributed by atoms with E-state index in [0.717, 1.165) is 89.8 Å². The van der Waals surface area contributed by atoms with Crippen molar-refractivity contribution in [3.8, 4) is 44.9 Å². The number of fused-ring (bicyclic) bond motifs is 9. The summed E-state index contributed by atoms with van der Waals surface area (Å²) in [6.45, 7) is 18.4. The molecule has 0 amide bonds. The van der Waals surface area contributed by atoms with Gasteiger partial charge in [0.05, 0.1) is 39.3 Å². The summed E-state index contributed by atoms with van der Waals surface area (Å²) in [4.78, 5) is 4.78. The fourth-order valence-corrected chi connectivity index (χ4v) is 18.3. The Hall–Kier alpha value is -13.0. The highest BCUT2D eigenvalue weighted by Gasteiger charge is 2.37. The summed E-state index contributed by atoms with van der Waals surface area (Å²) in [5.74, 6) is 1.58. The molecule has 0 radical (unpaired) electrons. The molecule has 19 rings (SSSR count). The SMILES string of the molecule is Cc1ccccc1C(c1ccc(-c2c3ccccc3n3c2oc2ccc(-c4c(-c5ccc(C(c6ccc(N7c8ccccc8Oc8ccccc87)cc6)c6ccccc6C)c(C)c5)ccc(C(c5ccc(N6c7ccccc7C(C)(C)c7ccccc76)cc5)c5ccccc5C)c4C)cc23)cc1)c1ccccc1C. The fourth-order valence-electron chi connectivity index (χ4n) is 18.3. The quantitative estimate of drug-likeness (QED) is 0.102. The molecular weight excluding hydrogens is 1320 g/mol. The van der Waals surface area contributed by atoms with Crippen LogP contribution in [0.4, 0.5) is 34.1 Å². The Bertz CT molecular complexity index is 6270. The molecule has 0 bridgehead atoms. The van der Waals surface area contributed by atoms with E-state index >= 15 is 0 Å². The maximum absolute atomic E-state index is 7.25. The molecule has 2 atom stereocenters. The number of aryl methyl sites for hydroxylation is 5. The van der Waals surface area contributed by atoms with Crippen molar-refractivity contribution in [3.63, 3.8) is 0 Å². The van der Waals surface area contributed by atoms with Gasteiger partial charge in [0.15, 0.2) is 17.1 Å². The Labute approximate surface area is 638 Å². The summed E-state index contributed by atoms with van der Waals surface area (Å²) < 4.78 is 16.1. The van der Waals surface area contributed by atoms with Crippen LogP contribution in [0.15, 0.2) is 344 Å². The normalized spacial score (nSPS) is 13.4. The predicted octanol–water partition coefficient (Wildman–Crippen LogP) is 27.9. The number of hydrogen-bond acceptors (Lipinski definition) is 4. The third-order valence-corrected chi connectivity index (χ3v) is 23.8. The first kappa shape index (κ1) is 66.7. The van der Waals surface area contributed by atoms with Crippen LogP contribution in [0.3, 0.4) is 0 Å². The van der Waals surface area contributed by atoms with Crippen LogP contribution in [-0.4, -0.2) is 4.40 Å². The second kappa shape index (κ2) is 26.8. The number of oxazole rings is 1. The maximum atomic E-state index is 7.25. The van der Waals surface area contributed by atoms with E-state index in [1.165, 1.54) is 112 Å². The van der Waals surface area contributed by atoms with Crippen LogP contribution >= 0.6 is 0 Å². The predicted molar refractivity (Wildman–Crippen MR) is 452 cm³/mol. The Kier molecular flexibility index (Phi) is 16.4. The summed E-state index contributed by atoms with van der Waals surface area (Å²) >= 11 is 0. The van der Waals surface area contributed by atoms with Gasteiger partial charge in [0.2, 0.25) is 5.71 Å². The Morgan fingerprint density at radius 3 is 1.22 bits per heavy atom. The van der Waals surface area contributed by atoms with Gasteiger partial charge in [-0.1, -0.05) is 275 Å². The van der Waals surface area contributed by atoms with E-state index in [4.69, 9.17) is 9.15 Å². The van der Waals surface area contributed by atoms with Crippen LogP contribution in [0.1, 0.15) is 126 Å². The van der Waals surface area contributed by atoms with Crippen molar-refractivity contribution in [3.05, 3.63) is 434 Å². The van der Waals surface area contributed by atoms with E-state index in [9.17, 15) is 0 Å². The minimum Gasteiger partial charge on any atom is -0.453 e. The Balaban J connectivity index is 0.769. The van der Waals surface area contributed by atoms with E-state index in [0.29, 0.717) is 0 Å². The minimum atomic E-state index is -0.166. The number of rotatable bonds is 14. The van der Waals surface area contributed by atoms with E-state index < -0.39 is 0 Å². The molecule has 2 unspecified atom stereocenters. The van der Waals surface area contributed by atoms with Gasteiger partial charge >= 0.3 is 0 Å². The summed E-state index contributed by atoms with van der Waals surface area (Å²) in [5.41, 5.74) is 38.5. The highest BCUT2D eigenvalue weighted by atomic mass is 16.5. The third kappa shape index (κ3) is 11.2. The molecule has 2 aromatic heterocycles. The van der Waals surface area contributed by atoms with Crippen molar-refractivity contribution < 1.29 is 9.15 Å². The van der Waals surface area contributed by atoms with E-state index in [-0.39, 0.29) is 23.2 Å². The molecule has 0 N–H and O–H groups in total. The van der Waals surface area contributed by atoms with E-state index in [1.807, 2.05) is 24.3 Å². The molecular formula is C104H83N3O2. The number of aromatic nitrogens is 1. The second-order valence-corrected chi connectivity index (χ2v) is 30.5. The molecule has 5 nitrogen and oxygen atoms in total. The molecule has 0 fully saturated rings. The molecule has 15 aromatic carbocycles. The second-order valence-electron chi connectivity index (χ2n) is 30.5. The summed E-state index contributed by atoms with van der Waals surface area (Å²) in [6, 6.07) is 126. The van der Waals surface area contributed by atoms with Gasteiger partial charge in [-0.25, -0.2) is 0 Å². The van der Waals surface area contributed by atoms with Crippen molar-refractivity contribution in [2.45, 2.75) is 78.6 Å². The van der Waals surface area contributed by atoms with Gasteiger partial charge < -0.3 is 19.0 Å². The first-order valence-electron chi connectivity index (χ1n) is 38.2. The van der Waals surface area contributed by atoms with Gasteiger partial charge in [-0.2, -0.15) is 0 Å². The number of nitrogens with zero attached hydrogens (tertiary/aromatic N) is 3. The molecule has 0 spiro atoms. The zero-order valence-electron chi connectivity index (χ0n) is 62.7. The first-order valence-corrected chi connectivity index (χ1v) is 38.2. The minimum absolute atomic E-state index is 0.0520. The largest absolute Gasteiger partial charge is 0.453 e. The Morgan fingerprint density at radius 1 is 0.303 bits per heavy atom. The first-order chi connectivity index (χ1) is 53.3. The molecule has 526 valence electrons. The van der Waals surface area contributed by atoms with Crippen molar-refractivity contribution in [2.75, 3.05) is 9.80 Å². The molecule has 17 aromatic rings. The van der Waals surface area contributed by atoms with Crippen LogP contribution in [-0.2, 0) is 5.41 Å². The van der Waals surface area contributed by atoms with Crippen molar-refractivity contribution in [1.82, 2.24) is 4.40 Å². The lowest BCUT2D eigenvalue weighted by Gasteiger charge is -2.42.